The van der Waals surface area contributed by atoms with Crippen LogP contribution in [-0.2, 0) is 0 Å². The minimum atomic E-state index is 0.246. The molecule has 72 valence electrons. The van der Waals surface area contributed by atoms with E-state index in [9.17, 15) is 0 Å². The van der Waals surface area contributed by atoms with E-state index < -0.39 is 0 Å². The minimum absolute atomic E-state index is 0.246. The number of hydrogen-bond acceptors (Lipinski definition) is 1. The molecule has 13 heavy (non-hydrogen) atoms. The molecular formula is C12H19N. The summed E-state index contributed by atoms with van der Waals surface area (Å²) in [6.45, 7) is 4.10. The summed E-state index contributed by atoms with van der Waals surface area (Å²) in [5.41, 5.74) is 8.78. The molecule has 1 heteroatoms. The van der Waals surface area contributed by atoms with Gasteiger partial charge in [-0.3, -0.25) is 0 Å². The van der Waals surface area contributed by atoms with Crippen molar-refractivity contribution < 1.29 is 0 Å². The molecule has 1 nitrogen and oxygen atoms in total. The minimum Gasteiger partial charge on any atom is -0.324 e. The molecular weight excluding hydrogens is 158 g/mol. The van der Waals surface area contributed by atoms with Crippen LogP contribution in [0.15, 0.2) is 35.5 Å². The molecule has 0 spiro atoms. The maximum atomic E-state index is 6.04. The number of nitrogens with two attached hydrogens (primary N) is 1. The van der Waals surface area contributed by atoms with Crippen LogP contribution in [-0.4, -0.2) is 6.04 Å². The molecule has 0 heterocycles. The van der Waals surface area contributed by atoms with Crippen molar-refractivity contribution in [1.29, 1.82) is 0 Å². The average molecular weight is 177 g/mol. The summed E-state index contributed by atoms with van der Waals surface area (Å²) >= 11 is 0. The van der Waals surface area contributed by atoms with Crippen molar-refractivity contribution >= 4 is 0 Å². The largest absolute Gasteiger partial charge is 0.324 e. The van der Waals surface area contributed by atoms with E-state index in [-0.39, 0.29) is 6.04 Å². The lowest BCUT2D eigenvalue weighted by Gasteiger charge is -2.22. The van der Waals surface area contributed by atoms with Crippen LogP contribution in [0.2, 0.25) is 0 Å². The Kier molecular flexibility index (Phi) is 3.97. The smallest absolute Gasteiger partial charge is 0.0297 e. The highest BCUT2D eigenvalue weighted by atomic mass is 14.6. The summed E-state index contributed by atoms with van der Waals surface area (Å²) < 4.78 is 0. The Morgan fingerprint density at radius 1 is 1.23 bits per heavy atom. The molecule has 0 aromatic heterocycles. The quantitative estimate of drug-likeness (QED) is 0.689. The predicted molar refractivity (Wildman–Crippen MR) is 58.5 cm³/mol. The van der Waals surface area contributed by atoms with Crippen molar-refractivity contribution in [2.24, 2.45) is 5.73 Å². The van der Waals surface area contributed by atoms with Gasteiger partial charge in [-0.15, -0.1) is 0 Å². The second-order valence-corrected chi connectivity index (χ2v) is 3.48. The van der Waals surface area contributed by atoms with Crippen molar-refractivity contribution in [3.05, 3.63) is 35.5 Å². The van der Waals surface area contributed by atoms with E-state index in [1.807, 2.05) is 6.92 Å². The van der Waals surface area contributed by atoms with Crippen LogP contribution in [0.5, 0.6) is 0 Å². The molecule has 0 aromatic rings. The molecule has 1 unspecified atom stereocenters. The van der Waals surface area contributed by atoms with Gasteiger partial charge in [-0.2, -0.15) is 0 Å². The van der Waals surface area contributed by atoms with Gasteiger partial charge in [-0.1, -0.05) is 24.3 Å². The predicted octanol–water partition coefficient (Wildman–Crippen LogP) is 2.95. The second kappa shape index (κ2) is 5.03. The molecule has 0 saturated carbocycles. The molecule has 1 rings (SSSR count). The third kappa shape index (κ3) is 2.56. The van der Waals surface area contributed by atoms with E-state index in [0.29, 0.717) is 0 Å². The maximum Gasteiger partial charge on any atom is 0.0297 e. The zero-order valence-electron chi connectivity index (χ0n) is 8.59. The summed E-state index contributed by atoms with van der Waals surface area (Å²) in [6, 6.07) is 0.246. The van der Waals surface area contributed by atoms with E-state index in [2.05, 4.69) is 31.2 Å². The molecule has 0 radical (unpaired) electrons. The summed E-state index contributed by atoms with van der Waals surface area (Å²) in [5.74, 6) is 0. The molecule has 0 aromatic carbocycles. The molecule has 1 aliphatic rings. The van der Waals surface area contributed by atoms with Crippen molar-refractivity contribution in [2.75, 3.05) is 0 Å². The van der Waals surface area contributed by atoms with Gasteiger partial charge in [0, 0.05) is 6.04 Å². The normalized spacial score (nSPS) is 25.0. The summed E-state index contributed by atoms with van der Waals surface area (Å²) in [4.78, 5) is 0. The lowest BCUT2D eigenvalue weighted by molar-refractivity contribution is 0.612. The third-order valence-electron chi connectivity index (χ3n) is 2.45. The van der Waals surface area contributed by atoms with Gasteiger partial charge in [0.25, 0.3) is 0 Å². The number of hydrogen-bond donors (Lipinski definition) is 1. The first-order chi connectivity index (χ1) is 6.29. The monoisotopic (exact) mass is 177 g/mol. The molecule has 2 N–H and O–H groups in total. The van der Waals surface area contributed by atoms with Crippen molar-refractivity contribution in [3.8, 4) is 0 Å². The van der Waals surface area contributed by atoms with E-state index in [1.165, 1.54) is 24.0 Å². The maximum absolute atomic E-state index is 6.04. The van der Waals surface area contributed by atoms with Gasteiger partial charge < -0.3 is 5.73 Å². The van der Waals surface area contributed by atoms with Gasteiger partial charge >= 0.3 is 0 Å². The first kappa shape index (κ1) is 10.3. The van der Waals surface area contributed by atoms with Gasteiger partial charge in [0.2, 0.25) is 0 Å². The Labute approximate surface area is 81.0 Å². The van der Waals surface area contributed by atoms with Crippen LogP contribution >= 0.6 is 0 Å². The highest BCUT2D eigenvalue weighted by Gasteiger charge is 2.15. The van der Waals surface area contributed by atoms with Gasteiger partial charge in [0.15, 0.2) is 0 Å². The Bertz CT molecular complexity index is 246. The number of allylic oxidation sites excluding steroid dienone is 4. The molecule has 0 fully saturated rings. The highest BCUT2D eigenvalue weighted by molar-refractivity contribution is 5.38. The first-order valence-electron chi connectivity index (χ1n) is 5.03. The van der Waals surface area contributed by atoms with Crippen molar-refractivity contribution in [3.63, 3.8) is 0 Å². The van der Waals surface area contributed by atoms with E-state index in [0.717, 1.165) is 6.42 Å². The van der Waals surface area contributed by atoms with Crippen LogP contribution in [0.4, 0.5) is 0 Å². The lowest BCUT2D eigenvalue weighted by atomic mass is 9.87. The SMILES string of the molecule is C/C=C\C1=C(/C=C\C)C(N)CCC1. The zero-order valence-corrected chi connectivity index (χ0v) is 8.59. The second-order valence-electron chi connectivity index (χ2n) is 3.48. The van der Waals surface area contributed by atoms with Gasteiger partial charge in [0.05, 0.1) is 0 Å². The Morgan fingerprint density at radius 3 is 2.54 bits per heavy atom. The summed E-state index contributed by atoms with van der Waals surface area (Å²) in [7, 11) is 0. The Morgan fingerprint density at radius 2 is 1.92 bits per heavy atom. The molecule has 0 aliphatic heterocycles. The van der Waals surface area contributed by atoms with E-state index >= 15 is 0 Å². The van der Waals surface area contributed by atoms with Crippen molar-refractivity contribution in [2.45, 2.75) is 39.2 Å². The van der Waals surface area contributed by atoms with Crippen LogP contribution in [0.3, 0.4) is 0 Å². The van der Waals surface area contributed by atoms with Crippen molar-refractivity contribution in [1.82, 2.24) is 0 Å². The third-order valence-corrected chi connectivity index (χ3v) is 2.45. The van der Waals surface area contributed by atoms with Crippen LogP contribution < -0.4 is 5.73 Å². The molecule has 0 amide bonds. The fourth-order valence-corrected chi connectivity index (χ4v) is 1.84. The van der Waals surface area contributed by atoms with E-state index in [1.54, 1.807) is 0 Å². The molecule has 1 atom stereocenters. The molecule has 0 saturated heterocycles. The molecule has 1 aliphatic carbocycles. The van der Waals surface area contributed by atoms with E-state index in [4.69, 9.17) is 5.73 Å². The topological polar surface area (TPSA) is 26.0 Å². The first-order valence-corrected chi connectivity index (χ1v) is 5.03. The van der Waals surface area contributed by atoms with Crippen LogP contribution in [0.25, 0.3) is 0 Å². The van der Waals surface area contributed by atoms with Crippen LogP contribution in [0.1, 0.15) is 33.1 Å². The Balaban J connectivity index is 2.96. The average Bonchev–Trinajstić information content (AvgIpc) is 2.11. The van der Waals surface area contributed by atoms with Gasteiger partial charge in [-0.25, -0.2) is 0 Å². The fraction of sp³-hybridized carbons (Fsp3) is 0.500. The fourth-order valence-electron chi connectivity index (χ4n) is 1.84. The zero-order chi connectivity index (χ0) is 9.68. The summed E-state index contributed by atoms with van der Waals surface area (Å²) in [5, 5.41) is 0. The summed E-state index contributed by atoms with van der Waals surface area (Å²) in [6.07, 6.45) is 12.0. The van der Waals surface area contributed by atoms with Gasteiger partial charge in [0.1, 0.15) is 0 Å². The number of rotatable bonds is 2. The lowest BCUT2D eigenvalue weighted by Crippen LogP contribution is -2.25. The Hall–Kier alpha value is -0.820. The van der Waals surface area contributed by atoms with Gasteiger partial charge in [-0.05, 0) is 44.3 Å². The standard InChI is InChI=1S/C12H19N/c1-3-6-10-8-5-9-12(13)11(10)7-4-2/h3-4,6-7,12H,5,8-9,13H2,1-2H3/b6-3-,7-4-. The molecule has 0 bridgehead atoms. The highest BCUT2D eigenvalue weighted by Crippen LogP contribution is 2.25. The van der Waals surface area contributed by atoms with Crippen LogP contribution in [0, 0.1) is 0 Å².